The zero-order valence-corrected chi connectivity index (χ0v) is 17.7. The molecule has 26 heavy (non-hydrogen) atoms. The van der Waals surface area contributed by atoms with Gasteiger partial charge in [0.15, 0.2) is 0 Å². The predicted octanol–water partition coefficient (Wildman–Crippen LogP) is 4.58. The number of unbranched alkanes of at least 4 members (excludes halogenated alkanes) is 1. The van der Waals surface area contributed by atoms with Crippen molar-refractivity contribution in [3.8, 4) is 0 Å². The Labute approximate surface area is 170 Å². The van der Waals surface area contributed by atoms with E-state index in [-0.39, 0.29) is 17.7 Å². The summed E-state index contributed by atoms with van der Waals surface area (Å²) in [5.41, 5.74) is 0. The van der Waals surface area contributed by atoms with Crippen molar-refractivity contribution in [3.05, 3.63) is 28.2 Å². The summed E-state index contributed by atoms with van der Waals surface area (Å²) in [6, 6.07) is 5.25. The molecule has 1 aliphatic rings. The van der Waals surface area contributed by atoms with Gasteiger partial charge in [0, 0.05) is 42.5 Å². The number of benzene rings is 1. The van der Waals surface area contributed by atoms with E-state index in [1.165, 1.54) is 11.8 Å². The second-order valence-corrected chi connectivity index (χ2v) is 8.49. The van der Waals surface area contributed by atoms with Gasteiger partial charge in [-0.15, -0.1) is 11.8 Å². The van der Waals surface area contributed by atoms with E-state index in [0.29, 0.717) is 28.9 Å². The number of carbonyl (C=O) groups is 2. The number of rotatable bonds is 7. The molecule has 144 valence electrons. The first kappa shape index (κ1) is 21.4. The van der Waals surface area contributed by atoms with Crippen LogP contribution in [0.15, 0.2) is 23.1 Å². The summed E-state index contributed by atoms with van der Waals surface area (Å²) in [7, 11) is 1.88. The third-order valence-electron chi connectivity index (χ3n) is 4.66. The lowest BCUT2D eigenvalue weighted by molar-refractivity contribution is -0.138. The Morgan fingerprint density at radius 3 is 2.62 bits per heavy atom. The van der Waals surface area contributed by atoms with Crippen LogP contribution in [0.1, 0.15) is 32.6 Å². The van der Waals surface area contributed by atoms with Gasteiger partial charge in [-0.1, -0.05) is 36.5 Å². The van der Waals surface area contributed by atoms with E-state index in [1.54, 1.807) is 18.2 Å². The van der Waals surface area contributed by atoms with Crippen LogP contribution in [0.2, 0.25) is 10.0 Å². The third kappa shape index (κ3) is 6.07. The Morgan fingerprint density at radius 2 is 1.96 bits per heavy atom. The summed E-state index contributed by atoms with van der Waals surface area (Å²) in [6.45, 7) is 4.21. The Hall–Kier alpha value is -0.910. The molecule has 1 saturated heterocycles. The van der Waals surface area contributed by atoms with E-state index in [2.05, 4.69) is 6.92 Å². The van der Waals surface area contributed by atoms with Crippen molar-refractivity contribution in [1.29, 1.82) is 0 Å². The first-order valence-corrected chi connectivity index (χ1v) is 10.8. The Morgan fingerprint density at radius 1 is 1.27 bits per heavy atom. The van der Waals surface area contributed by atoms with E-state index in [9.17, 15) is 9.59 Å². The maximum absolute atomic E-state index is 12.5. The van der Waals surface area contributed by atoms with Crippen molar-refractivity contribution in [2.75, 3.05) is 32.4 Å². The average Bonchev–Trinajstić information content (AvgIpc) is 2.66. The van der Waals surface area contributed by atoms with Gasteiger partial charge in [-0.25, -0.2) is 0 Å². The fourth-order valence-corrected chi connectivity index (χ4v) is 4.41. The number of hydrogen-bond acceptors (Lipinski definition) is 3. The van der Waals surface area contributed by atoms with Gasteiger partial charge in [-0.3, -0.25) is 9.59 Å². The molecule has 1 fully saturated rings. The minimum Gasteiger partial charge on any atom is -0.346 e. The second kappa shape index (κ2) is 10.4. The van der Waals surface area contributed by atoms with E-state index in [4.69, 9.17) is 23.2 Å². The van der Waals surface area contributed by atoms with E-state index in [1.807, 2.05) is 16.8 Å². The molecule has 1 aromatic carbocycles. The number of nitrogens with zero attached hydrogens (tertiary/aromatic N) is 2. The lowest BCUT2D eigenvalue weighted by atomic mass is 9.95. The molecule has 0 unspecified atom stereocenters. The fraction of sp³-hybridized carbons (Fsp3) is 0.579. The number of hydrogen-bond donors (Lipinski definition) is 0. The van der Waals surface area contributed by atoms with Crippen LogP contribution in [0.5, 0.6) is 0 Å². The van der Waals surface area contributed by atoms with Crippen LogP contribution in [0.3, 0.4) is 0 Å². The molecule has 1 aliphatic heterocycles. The predicted molar refractivity (Wildman–Crippen MR) is 109 cm³/mol. The van der Waals surface area contributed by atoms with Crippen LogP contribution in [0.25, 0.3) is 0 Å². The minimum atomic E-state index is 0.0379. The molecule has 0 radical (unpaired) electrons. The van der Waals surface area contributed by atoms with Crippen molar-refractivity contribution in [1.82, 2.24) is 9.80 Å². The third-order valence-corrected chi connectivity index (χ3v) is 6.38. The average molecular weight is 417 g/mol. The summed E-state index contributed by atoms with van der Waals surface area (Å²) in [6.07, 6.45) is 3.59. The van der Waals surface area contributed by atoms with Gasteiger partial charge in [0.2, 0.25) is 11.8 Å². The molecule has 2 amide bonds. The molecule has 7 heteroatoms. The highest BCUT2D eigenvalue weighted by molar-refractivity contribution is 8.00. The second-order valence-electron chi connectivity index (χ2n) is 6.63. The lowest BCUT2D eigenvalue weighted by Crippen LogP contribution is -2.44. The highest BCUT2D eigenvalue weighted by atomic mass is 35.5. The SMILES string of the molecule is CCCCN(C)C(=O)C1CCN(C(=O)CSc2cc(Cl)ccc2Cl)CC1. The molecule has 0 spiro atoms. The Kier molecular flexibility index (Phi) is 8.58. The molecule has 0 bridgehead atoms. The largest absolute Gasteiger partial charge is 0.346 e. The topological polar surface area (TPSA) is 40.6 Å². The van der Waals surface area contributed by atoms with Crippen LogP contribution >= 0.6 is 35.0 Å². The number of halogens is 2. The summed E-state index contributed by atoms with van der Waals surface area (Å²) < 4.78 is 0. The highest BCUT2D eigenvalue weighted by Crippen LogP contribution is 2.30. The zero-order chi connectivity index (χ0) is 19.1. The van der Waals surface area contributed by atoms with Crippen LogP contribution in [-0.4, -0.2) is 54.0 Å². The van der Waals surface area contributed by atoms with Crippen molar-refractivity contribution < 1.29 is 9.59 Å². The zero-order valence-electron chi connectivity index (χ0n) is 15.3. The molecule has 4 nitrogen and oxygen atoms in total. The van der Waals surface area contributed by atoms with Gasteiger partial charge in [0.05, 0.1) is 10.8 Å². The molecule has 0 atom stereocenters. The smallest absolute Gasteiger partial charge is 0.232 e. The molecule has 0 saturated carbocycles. The number of carbonyl (C=O) groups excluding carboxylic acids is 2. The molecule has 0 aliphatic carbocycles. The minimum absolute atomic E-state index is 0.0379. The number of amides is 2. The maximum atomic E-state index is 12.5. The van der Waals surface area contributed by atoms with Gasteiger partial charge in [0.1, 0.15) is 0 Å². The Balaban J connectivity index is 1.79. The molecule has 0 N–H and O–H groups in total. The molecule has 1 heterocycles. The van der Waals surface area contributed by atoms with Crippen LogP contribution in [0, 0.1) is 5.92 Å². The lowest BCUT2D eigenvalue weighted by Gasteiger charge is -2.33. The quantitative estimate of drug-likeness (QED) is 0.610. The van der Waals surface area contributed by atoms with Gasteiger partial charge < -0.3 is 9.80 Å². The normalized spacial score (nSPS) is 15.2. The monoisotopic (exact) mass is 416 g/mol. The molecule has 1 aromatic rings. The Bertz CT molecular complexity index is 634. The van der Waals surface area contributed by atoms with Crippen molar-refractivity contribution in [2.45, 2.75) is 37.5 Å². The van der Waals surface area contributed by atoms with E-state index < -0.39 is 0 Å². The van der Waals surface area contributed by atoms with Crippen LogP contribution < -0.4 is 0 Å². The molecular formula is C19H26Cl2N2O2S. The first-order valence-electron chi connectivity index (χ1n) is 9.03. The molecular weight excluding hydrogens is 391 g/mol. The summed E-state index contributed by atoms with van der Waals surface area (Å²) >= 11 is 13.5. The number of likely N-dealkylation sites (tertiary alicyclic amines) is 1. The van der Waals surface area contributed by atoms with Crippen LogP contribution in [-0.2, 0) is 9.59 Å². The van der Waals surface area contributed by atoms with Gasteiger partial charge in [-0.2, -0.15) is 0 Å². The van der Waals surface area contributed by atoms with Crippen molar-refractivity contribution >= 4 is 46.8 Å². The van der Waals surface area contributed by atoms with Gasteiger partial charge >= 0.3 is 0 Å². The fourth-order valence-electron chi connectivity index (χ4n) is 3.01. The van der Waals surface area contributed by atoms with E-state index in [0.717, 1.165) is 37.1 Å². The maximum Gasteiger partial charge on any atom is 0.232 e. The molecule has 0 aromatic heterocycles. The summed E-state index contributed by atoms with van der Waals surface area (Å²) in [5.74, 6) is 0.660. The number of piperidine rings is 1. The molecule has 2 rings (SSSR count). The van der Waals surface area contributed by atoms with Crippen LogP contribution in [0.4, 0.5) is 0 Å². The first-order chi connectivity index (χ1) is 12.4. The van der Waals surface area contributed by atoms with Crippen molar-refractivity contribution in [3.63, 3.8) is 0 Å². The highest BCUT2D eigenvalue weighted by Gasteiger charge is 2.28. The summed E-state index contributed by atoms with van der Waals surface area (Å²) in [4.78, 5) is 29.4. The van der Waals surface area contributed by atoms with Gasteiger partial charge in [0.25, 0.3) is 0 Å². The van der Waals surface area contributed by atoms with Crippen molar-refractivity contribution in [2.24, 2.45) is 5.92 Å². The number of thioether (sulfide) groups is 1. The summed E-state index contributed by atoms with van der Waals surface area (Å²) in [5, 5.41) is 1.21. The standard InChI is InChI=1S/C19H26Cl2N2O2S/c1-3-4-9-22(2)19(25)14-7-10-23(11-8-14)18(24)13-26-17-12-15(20)5-6-16(17)21/h5-6,12,14H,3-4,7-11,13H2,1-2H3. The van der Waals surface area contributed by atoms with Gasteiger partial charge in [-0.05, 0) is 37.5 Å². The van der Waals surface area contributed by atoms with E-state index >= 15 is 0 Å².